The maximum Gasteiger partial charge on any atom is 0.304 e. The molecule has 4 aromatic rings. The van der Waals surface area contributed by atoms with Crippen molar-refractivity contribution < 1.29 is 19.2 Å². The third-order valence-electron chi connectivity index (χ3n) is 5.68. The van der Waals surface area contributed by atoms with Crippen LogP contribution in [0.25, 0.3) is 33.7 Å². The quantitative estimate of drug-likeness (QED) is 0.520. The number of nitriles is 1. The Labute approximate surface area is 177 Å². The zero-order valence-corrected chi connectivity index (χ0v) is 16.7. The summed E-state index contributed by atoms with van der Waals surface area (Å²) in [5.41, 5.74) is 3.97. The molecule has 0 radical (unpaired) electrons. The minimum absolute atomic E-state index is 0.0347. The van der Waals surface area contributed by atoms with Gasteiger partial charge in [-0.25, -0.2) is 0 Å². The summed E-state index contributed by atoms with van der Waals surface area (Å²) in [6.45, 7) is 0.819. The first-order chi connectivity index (χ1) is 15.1. The van der Waals surface area contributed by atoms with Crippen LogP contribution >= 0.6 is 0 Å². The second-order valence-corrected chi connectivity index (χ2v) is 7.56. The van der Waals surface area contributed by atoms with Gasteiger partial charge in [-0.15, -0.1) is 0 Å². The lowest BCUT2D eigenvalue weighted by atomic mass is 10.0. The molecule has 8 heteroatoms. The van der Waals surface area contributed by atoms with Crippen LogP contribution in [0.4, 0.5) is 0 Å². The van der Waals surface area contributed by atoms with E-state index in [1.807, 2.05) is 18.2 Å². The van der Waals surface area contributed by atoms with Gasteiger partial charge in [0.2, 0.25) is 5.82 Å². The van der Waals surface area contributed by atoms with Crippen molar-refractivity contribution in [3.05, 3.63) is 53.7 Å². The van der Waals surface area contributed by atoms with Crippen molar-refractivity contribution in [1.29, 1.82) is 5.26 Å². The number of hydrogen-bond acceptors (Lipinski definition) is 6. The summed E-state index contributed by atoms with van der Waals surface area (Å²) in [5, 5.41) is 23.5. The summed E-state index contributed by atoms with van der Waals surface area (Å²) < 4.78 is 12.9. The smallest absolute Gasteiger partial charge is 0.304 e. The number of methoxy groups -OCH3 is 1. The van der Waals surface area contributed by atoms with Crippen LogP contribution in [0.15, 0.2) is 47.0 Å². The molecule has 154 valence electrons. The summed E-state index contributed by atoms with van der Waals surface area (Å²) in [7, 11) is 1.53. The number of nitrogens with zero attached hydrogens (tertiary/aromatic N) is 4. The molecular weight excluding hydrogens is 396 g/mol. The Morgan fingerprint density at radius 1 is 1.29 bits per heavy atom. The average Bonchev–Trinajstić information content (AvgIpc) is 3.49. The zero-order chi connectivity index (χ0) is 21.5. The Morgan fingerprint density at radius 2 is 2.16 bits per heavy atom. The fourth-order valence-corrected chi connectivity index (χ4v) is 4.23. The van der Waals surface area contributed by atoms with E-state index in [4.69, 9.17) is 14.4 Å². The molecule has 0 fully saturated rings. The van der Waals surface area contributed by atoms with Gasteiger partial charge >= 0.3 is 5.97 Å². The highest BCUT2D eigenvalue weighted by Crippen LogP contribution is 2.37. The Morgan fingerprint density at radius 3 is 2.94 bits per heavy atom. The van der Waals surface area contributed by atoms with E-state index in [9.17, 15) is 10.1 Å². The van der Waals surface area contributed by atoms with Crippen molar-refractivity contribution >= 4 is 16.9 Å². The molecule has 0 amide bonds. The molecule has 5 rings (SSSR count). The van der Waals surface area contributed by atoms with Gasteiger partial charge in [-0.1, -0.05) is 5.16 Å². The predicted molar refractivity (Wildman–Crippen MR) is 112 cm³/mol. The molecule has 0 aliphatic carbocycles. The van der Waals surface area contributed by atoms with E-state index in [1.54, 1.807) is 18.2 Å². The van der Waals surface area contributed by atoms with Crippen molar-refractivity contribution in [2.24, 2.45) is 0 Å². The van der Waals surface area contributed by atoms with Crippen LogP contribution in [0.3, 0.4) is 0 Å². The lowest BCUT2D eigenvalue weighted by Crippen LogP contribution is -2.02. The van der Waals surface area contributed by atoms with Gasteiger partial charge in [0.05, 0.1) is 25.2 Å². The average molecular weight is 414 g/mol. The van der Waals surface area contributed by atoms with Gasteiger partial charge in [0.1, 0.15) is 5.75 Å². The number of ether oxygens (including phenoxy) is 1. The maximum absolute atomic E-state index is 11.2. The Bertz CT molecular complexity index is 1360. The molecule has 1 atom stereocenters. The highest BCUT2D eigenvalue weighted by atomic mass is 16.5. The molecule has 8 nitrogen and oxygen atoms in total. The van der Waals surface area contributed by atoms with Crippen LogP contribution in [0.5, 0.6) is 5.75 Å². The molecule has 2 aromatic carbocycles. The van der Waals surface area contributed by atoms with Gasteiger partial charge in [0, 0.05) is 40.2 Å². The maximum atomic E-state index is 11.2. The van der Waals surface area contributed by atoms with E-state index < -0.39 is 5.97 Å². The van der Waals surface area contributed by atoms with E-state index in [-0.39, 0.29) is 12.3 Å². The van der Waals surface area contributed by atoms with Crippen LogP contribution < -0.4 is 4.74 Å². The second-order valence-electron chi connectivity index (χ2n) is 7.56. The van der Waals surface area contributed by atoms with Gasteiger partial charge in [0.15, 0.2) is 0 Å². The molecule has 0 saturated carbocycles. The SMILES string of the molecule is COc1cc(C#N)cc(-c2nc(-c3ccc4c(c3)cc3n4CC[C@H]3CC(=O)O)no2)c1. The number of aryl methyl sites for hydroxylation is 1. The highest BCUT2D eigenvalue weighted by molar-refractivity contribution is 5.86. The molecule has 2 aromatic heterocycles. The Kier molecular flexibility index (Phi) is 4.44. The summed E-state index contributed by atoms with van der Waals surface area (Å²) in [4.78, 5) is 15.7. The predicted octanol–water partition coefficient (Wildman–Crippen LogP) is 4.20. The molecule has 0 spiro atoms. The van der Waals surface area contributed by atoms with E-state index >= 15 is 0 Å². The monoisotopic (exact) mass is 414 g/mol. The normalized spacial score (nSPS) is 15.0. The molecule has 31 heavy (non-hydrogen) atoms. The van der Waals surface area contributed by atoms with Gasteiger partial charge in [-0.2, -0.15) is 10.2 Å². The van der Waals surface area contributed by atoms with E-state index in [2.05, 4.69) is 26.8 Å². The van der Waals surface area contributed by atoms with Crippen molar-refractivity contribution in [1.82, 2.24) is 14.7 Å². The topological polar surface area (TPSA) is 114 Å². The molecule has 0 unspecified atom stereocenters. The first-order valence-electron chi connectivity index (χ1n) is 9.84. The van der Waals surface area contributed by atoms with Gasteiger partial charge in [-0.05, 0) is 48.9 Å². The van der Waals surface area contributed by atoms with Crippen molar-refractivity contribution in [2.45, 2.75) is 25.3 Å². The van der Waals surface area contributed by atoms with Crippen LogP contribution in [0.1, 0.15) is 30.0 Å². The second kappa shape index (κ2) is 7.29. The summed E-state index contributed by atoms with van der Waals surface area (Å²) >= 11 is 0. The largest absolute Gasteiger partial charge is 0.497 e. The van der Waals surface area contributed by atoms with Crippen molar-refractivity contribution in [3.8, 4) is 34.7 Å². The highest BCUT2D eigenvalue weighted by Gasteiger charge is 2.27. The number of aliphatic carboxylic acids is 1. The van der Waals surface area contributed by atoms with Crippen molar-refractivity contribution in [2.75, 3.05) is 7.11 Å². The number of carboxylic acids is 1. The van der Waals surface area contributed by atoms with Crippen LogP contribution in [0.2, 0.25) is 0 Å². The van der Waals surface area contributed by atoms with E-state index in [0.29, 0.717) is 28.6 Å². The standard InChI is InChI=1S/C23H18N4O4/c1-30-18-7-13(12-24)6-17(9-18)23-25-22(26-31-23)15-2-3-19-16(8-15)10-20-14(11-21(28)29)4-5-27(19)20/h2-3,6-10,14H,4-5,11H2,1H3,(H,28,29)/t14-/m0/s1. The lowest BCUT2D eigenvalue weighted by molar-refractivity contribution is -0.137. The van der Waals surface area contributed by atoms with Crippen LogP contribution in [-0.2, 0) is 11.3 Å². The van der Waals surface area contributed by atoms with Gasteiger partial charge in [0.25, 0.3) is 5.89 Å². The van der Waals surface area contributed by atoms with Gasteiger partial charge in [-0.3, -0.25) is 4.79 Å². The molecule has 1 aliphatic rings. The first-order valence-corrected chi connectivity index (χ1v) is 9.84. The first kappa shape index (κ1) is 18.9. The third-order valence-corrected chi connectivity index (χ3v) is 5.68. The number of hydrogen-bond donors (Lipinski definition) is 1. The number of aromatic nitrogens is 3. The minimum atomic E-state index is -0.777. The fraction of sp³-hybridized carbons (Fsp3) is 0.217. The summed E-state index contributed by atoms with van der Waals surface area (Å²) in [6.07, 6.45) is 0.987. The summed E-state index contributed by atoms with van der Waals surface area (Å²) in [5.74, 6) is 0.529. The number of carboxylic acid groups (broad SMARTS) is 1. The number of fused-ring (bicyclic) bond motifs is 3. The van der Waals surface area contributed by atoms with E-state index in [0.717, 1.165) is 35.1 Å². The van der Waals surface area contributed by atoms with E-state index in [1.165, 1.54) is 7.11 Å². The molecule has 0 saturated heterocycles. The zero-order valence-electron chi connectivity index (χ0n) is 16.7. The number of benzene rings is 2. The summed E-state index contributed by atoms with van der Waals surface area (Å²) in [6, 6.07) is 15.1. The van der Waals surface area contributed by atoms with Crippen LogP contribution in [-0.4, -0.2) is 32.9 Å². The molecule has 0 bridgehead atoms. The van der Waals surface area contributed by atoms with Crippen LogP contribution in [0, 0.1) is 11.3 Å². The third kappa shape index (κ3) is 3.30. The molecular formula is C23H18N4O4. The number of rotatable bonds is 5. The number of carbonyl (C=O) groups is 1. The minimum Gasteiger partial charge on any atom is -0.497 e. The fourth-order valence-electron chi connectivity index (χ4n) is 4.23. The van der Waals surface area contributed by atoms with Crippen molar-refractivity contribution in [3.63, 3.8) is 0 Å². The lowest BCUT2D eigenvalue weighted by Gasteiger charge is -2.04. The molecule has 1 aliphatic heterocycles. The Balaban J connectivity index is 1.50. The van der Waals surface area contributed by atoms with Gasteiger partial charge < -0.3 is 18.9 Å². The molecule has 1 N–H and O–H groups in total. The molecule has 3 heterocycles. The Hall–Kier alpha value is -4.12.